The highest BCUT2D eigenvalue weighted by Gasteiger charge is 2.11. The molecule has 2 aromatic carbocycles. The van der Waals surface area contributed by atoms with Gasteiger partial charge in [0.15, 0.2) is 0 Å². The molecule has 31 heavy (non-hydrogen) atoms. The average molecular weight is 410 g/mol. The maximum atomic E-state index is 4.96. The lowest BCUT2D eigenvalue weighted by Crippen LogP contribution is -2.05. The van der Waals surface area contributed by atoms with E-state index in [1.54, 1.807) is 0 Å². The number of allylic oxidation sites excluding steroid dienone is 3. The van der Waals surface area contributed by atoms with Gasteiger partial charge in [0, 0.05) is 29.4 Å². The zero-order chi connectivity index (χ0) is 21.6. The molecule has 0 bridgehead atoms. The molecule has 0 saturated heterocycles. The number of hydrogen-bond acceptors (Lipinski definition) is 2. The van der Waals surface area contributed by atoms with E-state index in [4.69, 9.17) is 9.98 Å². The number of aromatic nitrogens is 1. The van der Waals surface area contributed by atoms with Crippen molar-refractivity contribution in [1.82, 2.24) is 4.98 Å². The molecule has 3 aromatic rings. The van der Waals surface area contributed by atoms with E-state index in [1.807, 2.05) is 6.07 Å². The minimum Gasteiger partial charge on any atom is -0.361 e. The first kappa shape index (κ1) is 21.0. The molecule has 0 fully saturated rings. The number of hydrogen-bond donors (Lipinski definition) is 1. The third-order valence-electron chi connectivity index (χ3n) is 5.97. The van der Waals surface area contributed by atoms with Gasteiger partial charge >= 0.3 is 0 Å². The molecule has 3 heteroatoms. The predicted octanol–water partition coefficient (Wildman–Crippen LogP) is 6.50. The summed E-state index contributed by atoms with van der Waals surface area (Å²) in [6.07, 6.45) is 11.6. The van der Waals surface area contributed by atoms with Crippen molar-refractivity contribution >= 4 is 22.3 Å². The van der Waals surface area contributed by atoms with Gasteiger partial charge < -0.3 is 4.98 Å². The topological polar surface area (TPSA) is 40.5 Å². The van der Waals surface area contributed by atoms with Crippen molar-refractivity contribution in [1.29, 1.82) is 0 Å². The Hall–Kier alpha value is -3.20. The lowest BCUT2D eigenvalue weighted by Gasteiger charge is -2.07. The summed E-state index contributed by atoms with van der Waals surface area (Å²) in [5, 5.41) is 1.33. The van der Waals surface area contributed by atoms with Crippen LogP contribution in [0, 0.1) is 0 Å². The number of rotatable bonds is 7. The van der Waals surface area contributed by atoms with Crippen molar-refractivity contribution in [2.75, 3.05) is 6.54 Å². The van der Waals surface area contributed by atoms with Gasteiger partial charge in [-0.2, -0.15) is 0 Å². The molecule has 0 aliphatic carbocycles. The van der Waals surface area contributed by atoms with Gasteiger partial charge in [0.05, 0.1) is 11.8 Å². The van der Waals surface area contributed by atoms with E-state index in [2.05, 4.69) is 92.6 Å². The Morgan fingerprint density at radius 1 is 1.06 bits per heavy atom. The molecule has 3 nitrogen and oxygen atoms in total. The van der Waals surface area contributed by atoms with Gasteiger partial charge in [-0.15, -0.1) is 0 Å². The fourth-order valence-corrected chi connectivity index (χ4v) is 4.01. The van der Waals surface area contributed by atoms with Gasteiger partial charge in [0.25, 0.3) is 0 Å². The third kappa shape index (κ3) is 4.93. The van der Waals surface area contributed by atoms with Gasteiger partial charge in [-0.3, -0.25) is 9.98 Å². The van der Waals surface area contributed by atoms with E-state index in [0.717, 1.165) is 42.8 Å². The summed E-state index contributed by atoms with van der Waals surface area (Å²) in [4.78, 5) is 13.3. The summed E-state index contributed by atoms with van der Waals surface area (Å²) in [6.45, 7) is 7.28. The summed E-state index contributed by atoms with van der Waals surface area (Å²) in [6, 6.07) is 17.3. The Balaban J connectivity index is 1.49. The second-order valence-corrected chi connectivity index (χ2v) is 8.08. The number of aromatic amines is 1. The van der Waals surface area contributed by atoms with E-state index in [9.17, 15) is 0 Å². The van der Waals surface area contributed by atoms with Crippen LogP contribution >= 0.6 is 0 Å². The normalized spacial score (nSPS) is 16.9. The molecule has 4 rings (SSSR count). The van der Waals surface area contributed by atoms with Crippen molar-refractivity contribution in [3.05, 3.63) is 95.2 Å². The van der Waals surface area contributed by atoms with Crippen LogP contribution in [0.15, 0.2) is 88.5 Å². The highest BCUT2D eigenvalue weighted by Crippen LogP contribution is 2.21. The molecule has 1 unspecified atom stereocenters. The molecular weight excluding hydrogens is 378 g/mol. The number of aryl methyl sites for hydroxylation is 1. The van der Waals surface area contributed by atoms with E-state index < -0.39 is 0 Å². The average Bonchev–Trinajstić information content (AvgIpc) is 3.08. The Morgan fingerprint density at radius 3 is 2.68 bits per heavy atom. The maximum absolute atomic E-state index is 4.96. The molecule has 158 valence electrons. The first-order valence-electron chi connectivity index (χ1n) is 11.3. The fraction of sp³-hybridized carbons (Fsp3) is 0.286. The highest BCUT2D eigenvalue weighted by molar-refractivity contribution is 6.11. The van der Waals surface area contributed by atoms with Gasteiger partial charge in [-0.1, -0.05) is 62.4 Å². The van der Waals surface area contributed by atoms with Crippen molar-refractivity contribution in [2.24, 2.45) is 9.98 Å². The SMILES string of the molecule is CCc1ccc2[nH]cc(CCN=C(C)C3=CC(CC)N=C(c4ccccc4)C=C3)c2c1. The van der Waals surface area contributed by atoms with Crippen molar-refractivity contribution in [2.45, 2.75) is 46.1 Å². The van der Waals surface area contributed by atoms with Crippen LogP contribution in [0.25, 0.3) is 10.9 Å². The van der Waals surface area contributed by atoms with E-state index in [0.29, 0.717) is 0 Å². The Bertz CT molecular complexity index is 1160. The second kappa shape index (κ2) is 9.74. The third-order valence-corrected chi connectivity index (χ3v) is 5.97. The molecule has 0 saturated carbocycles. The van der Waals surface area contributed by atoms with Crippen LogP contribution in [0.1, 0.15) is 43.9 Å². The lowest BCUT2D eigenvalue weighted by molar-refractivity contribution is 0.785. The highest BCUT2D eigenvalue weighted by atomic mass is 14.8. The number of fused-ring (bicyclic) bond motifs is 1. The van der Waals surface area contributed by atoms with Gasteiger partial charge in [0.2, 0.25) is 0 Å². The summed E-state index contributed by atoms with van der Waals surface area (Å²) >= 11 is 0. The van der Waals surface area contributed by atoms with E-state index >= 15 is 0 Å². The molecule has 0 radical (unpaired) electrons. The Kier molecular flexibility index (Phi) is 6.61. The zero-order valence-electron chi connectivity index (χ0n) is 18.7. The van der Waals surface area contributed by atoms with Crippen LogP contribution in [0.5, 0.6) is 0 Å². The summed E-state index contributed by atoms with van der Waals surface area (Å²) in [7, 11) is 0. The lowest BCUT2D eigenvalue weighted by atomic mass is 10.1. The van der Waals surface area contributed by atoms with Crippen LogP contribution in [0.2, 0.25) is 0 Å². The monoisotopic (exact) mass is 409 g/mol. The molecular formula is C28H31N3. The van der Waals surface area contributed by atoms with Gasteiger partial charge in [-0.25, -0.2) is 0 Å². The Labute approximate surface area is 185 Å². The summed E-state index contributed by atoms with van der Waals surface area (Å²) in [5.74, 6) is 0. The Morgan fingerprint density at radius 2 is 1.90 bits per heavy atom. The molecule has 1 aliphatic heterocycles. The summed E-state index contributed by atoms with van der Waals surface area (Å²) in [5.41, 5.74) is 8.37. The molecule has 0 spiro atoms. The minimum atomic E-state index is 0.173. The quantitative estimate of drug-likeness (QED) is 0.433. The maximum Gasteiger partial charge on any atom is 0.0694 e. The number of H-pyrrole nitrogens is 1. The van der Waals surface area contributed by atoms with Crippen LogP contribution in [0.4, 0.5) is 0 Å². The molecule has 0 amide bonds. The fourth-order valence-electron chi connectivity index (χ4n) is 4.01. The molecule has 1 atom stereocenters. The van der Waals surface area contributed by atoms with Crippen molar-refractivity contribution in [3.63, 3.8) is 0 Å². The summed E-state index contributed by atoms with van der Waals surface area (Å²) < 4.78 is 0. The molecule has 1 aromatic heterocycles. The smallest absolute Gasteiger partial charge is 0.0694 e. The molecule has 1 N–H and O–H groups in total. The predicted molar refractivity (Wildman–Crippen MR) is 134 cm³/mol. The largest absolute Gasteiger partial charge is 0.361 e. The number of nitrogens with one attached hydrogen (secondary N) is 1. The first-order chi connectivity index (χ1) is 15.2. The van der Waals surface area contributed by atoms with E-state index in [1.165, 1.54) is 27.6 Å². The van der Waals surface area contributed by atoms with Gasteiger partial charge in [0.1, 0.15) is 0 Å². The van der Waals surface area contributed by atoms with Crippen molar-refractivity contribution in [3.8, 4) is 0 Å². The molecule has 2 heterocycles. The number of benzene rings is 2. The minimum absolute atomic E-state index is 0.173. The van der Waals surface area contributed by atoms with Crippen LogP contribution < -0.4 is 0 Å². The standard InChI is InChI=1S/C28H31N3/c1-4-21-11-13-28-26(17-21)24(19-30-28)15-16-29-20(3)23-12-14-27(31-25(5-2)18-23)22-9-7-6-8-10-22/h6-14,17-19,25,30H,4-5,15-16H2,1-3H3. The molecule has 1 aliphatic rings. The van der Waals surface area contributed by atoms with Crippen LogP contribution in [0.3, 0.4) is 0 Å². The first-order valence-corrected chi connectivity index (χ1v) is 11.3. The second-order valence-electron chi connectivity index (χ2n) is 8.08. The van der Waals surface area contributed by atoms with E-state index in [-0.39, 0.29) is 6.04 Å². The number of aliphatic imine (C=N–C) groups is 2. The zero-order valence-corrected chi connectivity index (χ0v) is 18.7. The van der Waals surface area contributed by atoms with Crippen LogP contribution in [-0.4, -0.2) is 29.0 Å². The van der Waals surface area contributed by atoms with Gasteiger partial charge in [-0.05, 0) is 66.7 Å². The van der Waals surface area contributed by atoms with Crippen LogP contribution in [-0.2, 0) is 12.8 Å². The number of nitrogens with zero attached hydrogens (tertiary/aromatic N) is 2. The van der Waals surface area contributed by atoms with Crippen molar-refractivity contribution < 1.29 is 0 Å².